The van der Waals surface area contributed by atoms with E-state index in [9.17, 15) is 9.67 Å². The summed E-state index contributed by atoms with van der Waals surface area (Å²) in [6.45, 7) is 0. The topological polar surface area (TPSA) is 37.3 Å². The van der Waals surface area contributed by atoms with Crippen LogP contribution in [0.2, 0.25) is 0 Å². The van der Waals surface area contributed by atoms with Gasteiger partial charge in [-0.3, -0.25) is 0 Å². The van der Waals surface area contributed by atoms with Gasteiger partial charge in [-0.05, 0) is 57.4 Å². The quantitative estimate of drug-likeness (QED) is 0.397. The number of hydrogen-bond acceptors (Lipinski definition) is 2. The molecule has 32 heavy (non-hydrogen) atoms. The molecular weight excluding hydrogens is 455 g/mol. The maximum absolute atomic E-state index is 14.5. The van der Waals surface area contributed by atoms with E-state index < -0.39 is 7.14 Å². The maximum atomic E-state index is 14.5. The smallest absolute Gasteiger partial charge is 0.508 e. The average Bonchev–Trinajstić information content (AvgIpc) is 3.56. The molecule has 0 spiro atoms. The molecule has 3 aromatic rings. The molecule has 2 aliphatic carbocycles. The van der Waals surface area contributed by atoms with Gasteiger partial charge in [0.15, 0.2) is 7.14 Å². The molecule has 0 saturated heterocycles. The Labute approximate surface area is 203 Å². The van der Waals surface area contributed by atoms with E-state index in [0.717, 1.165) is 22.2 Å². The van der Waals surface area contributed by atoms with Gasteiger partial charge in [0.05, 0.1) is 5.66 Å². The van der Waals surface area contributed by atoms with Gasteiger partial charge in [0.1, 0.15) is 5.75 Å². The van der Waals surface area contributed by atoms with Crippen LogP contribution in [0.15, 0.2) is 84.9 Å². The number of phenolic OH excluding ortho intramolecular Hbond substituents is 1. The van der Waals surface area contributed by atoms with Crippen molar-refractivity contribution in [2.75, 3.05) is 0 Å². The third-order valence-corrected chi connectivity index (χ3v) is 8.24. The molecule has 0 bridgehead atoms. The van der Waals surface area contributed by atoms with Crippen LogP contribution >= 0.6 is 7.14 Å². The fraction of sp³-hybridized carbons (Fsp3) is 0. The number of hydrogen-bond donors (Lipinski definition) is 1. The van der Waals surface area contributed by atoms with Crippen LogP contribution in [-0.4, -0.2) is 5.11 Å². The Morgan fingerprint density at radius 2 is 1.03 bits per heavy atom. The van der Waals surface area contributed by atoms with Gasteiger partial charge >= 0.3 is 17.1 Å². The van der Waals surface area contributed by atoms with E-state index in [4.69, 9.17) is 0 Å². The van der Waals surface area contributed by atoms with E-state index in [1.165, 1.54) is 0 Å². The molecule has 158 valence electrons. The second kappa shape index (κ2) is 11.9. The van der Waals surface area contributed by atoms with E-state index in [-0.39, 0.29) is 22.8 Å². The molecule has 10 radical (unpaired) electrons. The Kier molecular flexibility index (Phi) is 9.23. The van der Waals surface area contributed by atoms with Gasteiger partial charge in [-0.1, -0.05) is 78.9 Å². The fourth-order valence-corrected chi connectivity index (χ4v) is 6.51. The van der Waals surface area contributed by atoms with Crippen LogP contribution < -0.4 is 10.6 Å². The molecule has 0 unspecified atom stereocenters. The molecule has 2 saturated carbocycles. The Balaban J connectivity index is 0.000000427. The van der Waals surface area contributed by atoms with Gasteiger partial charge in [-0.2, -0.15) is 0 Å². The SMILES string of the molecule is O=P([C]1[CH][CH][CH][C]1c1ccccc1O)(c1ccccc1)c1ccccc1.[CH]1[CH][CH][CH][CH]1.[Fe+2]. The number of benzene rings is 3. The molecule has 0 aromatic heterocycles. The van der Waals surface area contributed by atoms with Crippen LogP contribution in [0.3, 0.4) is 0 Å². The molecule has 0 atom stereocenters. The predicted molar refractivity (Wildman–Crippen MR) is 128 cm³/mol. The molecule has 2 aliphatic rings. The predicted octanol–water partition coefficient (Wildman–Crippen LogP) is 5.51. The summed E-state index contributed by atoms with van der Waals surface area (Å²) in [6.07, 6.45) is 15.7. The van der Waals surface area contributed by atoms with Gasteiger partial charge in [0, 0.05) is 22.1 Å². The van der Waals surface area contributed by atoms with Crippen LogP contribution in [0.4, 0.5) is 0 Å². The molecule has 3 aromatic carbocycles. The van der Waals surface area contributed by atoms with Crippen molar-refractivity contribution in [2.45, 2.75) is 0 Å². The molecule has 0 heterocycles. The monoisotopic (exact) mass is 478 g/mol. The van der Waals surface area contributed by atoms with E-state index >= 15 is 0 Å². The fourth-order valence-electron chi connectivity index (χ4n) is 3.64. The van der Waals surface area contributed by atoms with Crippen LogP contribution in [0, 0.1) is 62.9 Å². The van der Waals surface area contributed by atoms with Crippen molar-refractivity contribution in [3.8, 4) is 5.75 Å². The van der Waals surface area contributed by atoms with E-state index in [1.807, 2.05) is 124 Å². The largest absolute Gasteiger partial charge is 2.00 e. The Hall–Kier alpha value is -1.79. The molecule has 1 N–H and O–H groups in total. The van der Waals surface area contributed by atoms with Gasteiger partial charge in [0.25, 0.3) is 0 Å². The molecular formula is C28H23FeO2P+2. The normalized spacial score (nSPS) is 16.8. The number of para-hydroxylation sites is 1. The summed E-state index contributed by atoms with van der Waals surface area (Å²) in [7, 11) is -3.06. The van der Waals surface area contributed by atoms with Crippen molar-refractivity contribution < 1.29 is 26.7 Å². The van der Waals surface area contributed by atoms with Gasteiger partial charge in [-0.25, -0.2) is 0 Å². The minimum Gasteiger partial charge on any atom is -0.508 e. The van der Waals surface area contributed by atoms with Crippen molar-refractivity contribution in [3.05, 3.63) is 153 Å². The van der Waals surface area contributed by atoms with Crippen LogP contribution in [0.25, 0.3) is 0 Å². The summed E-state index contributed by atoms with van der Waals surface area (Å²) in [6, 6.07) is 26.3. The minimum absolute atomic E-state index is 0. The zero-order chi connectivity index (χ0) is 21.5. The van der Waals surface area contributed by atoms with E-state index in [0.29, 0.717) is 5.56 Å². The molecule has 0 amide bonds. The zero-order valence-corrected chi connectivity index (χ0v) is 19.4. The van der Waals surface area contributed by atoms with Crippen molar-refractivity contribution >= 4 is 17.8 Å². The summed E-state index contributed by atoms with van der Waals surface area (Å²) >= 11 is 0. The third kappa shape index (κ3) is 5.40. The Morgan fingerprint density at radius 1 is 0.562 bits per heavy atom. The summed E-state index contributed by atoms with van der Waals surface area (Å²) in [5.41, 5.74) is 1.44. The first-order valence-corrected chi connectivity index (χ1v) is 11.8. The third-order valence-electron chi connectivity index (χ3n) is 5.12. The minimum atomic E-state index is -3.06. The summed E-state index contributed by atoms with van der Waals surface area (Å²) in [4.78, 5) is 0. The first-order chi connectivity index (χ1) is 15.2. The summed E-state index contributed by atoms with van der Waals surface area (Å²) in [5, 5.41) is 11.9. The van der Waals surface area contributed by atoms with Crippen molar-refractivity contribution in [3.63, 3.8) is 0 Å². The molecule has 2 nitrogen and oxygen atoms in total. The van der Waals surface area contributed by atoms with Crippen molar-refractivity contribution in [2.24, 2.45) is 0 Å². The molecule has 4 heteroatoms. The van der Waals surface area contributed by atoms with E-state index in [2.05, 4.69) is 0 Å². The number of aromatic hydroxyl groups is 1. The van der Waals surface area contributed by atoms with Crippen LogP contribution in [0.1, 0.15) is 5.56 Å². The average molecular weight is 478 g/mol. The summed E-state index contributed by atoms with van der Waals surface area (Å²) in [5.74, 6) is 0.992. The van der Waals surface area contributed by atoms with Crippen molar-refractivity contribution in [1.82, 2.24) is 0 Å². The Morgan fingerprint density at radius 3 is 1.53 bits per heavy atom. The van der Waals surface area contributed by atoms with Gasteiger partial charge in [-0.15, -0.1) is 0 Å². The van der Waals surface area contributed by atoms with Crippen LogP contribution in [0.5, 0.6) is 5.75 Å². The van der Waals surface area contributed by atoms with Crippen LogP contribution in [-0.2, 0) is 21.6 Å². The van der Waals surface area contributed by atoms with E-state index in [1.54, 1.807) is 12.1 Å². The molecule has 0 aliphatic heterocycles. The zero-order valence-electron chi connectivity index (χ0n) is 17.4. The summed E-state index contributed by atoms with van der Waals surface area (Å²) < 4.78 is 14.5. The first-order valence-electron chi connectivity index (χ1n) is 10.1. The second-order valence-corrected chi connectivity index (χ2v) is 9.82. The standard InChI is InChI=1S/C23H18O2P.C5H5.Fe/c24-22-16-8-7-14-20(22)21-15-9-17-23(21)26(25,18-10-3-1-4-11-18)19-12-5-2-6-13-19;1-2-4-5-3-1;/h1-17,24H;1-5H;/q;;+2. The number of phenols is 1. The second-order valence-electron chi connectivity index (χ2n) is 7.08. The maximum Gasteiger partial charge on any atom is 2.00 e. The Bertz CT molecular complexity index is 951. The number of rotatable bonds is 4. The van der Waals surface area contributed by atoms with Gasteiger partial charge in [0.2, 0.25) is 0 Å². The first kappa shape index (κ1) is 24.8. The molecule has 2 fully saturated rings. The van der Waals surface area contributed by atoms with Gasteiger partial charge < -0.3 is 9.67 Å². The molecule has 5 rings (SSSR count). The van der Waals surface area contributed by atoms with Crippen molar-refractivity contribution in [1.29, 1.82) is 0 Å².